The zero-order chi connectivity index (χ0) is 15.2. The van der Waals surface area contributed by atoms with Crippen LogP contribution in [0, 0.1) is 0 Å². The third-order valence-electron chi connectivity index (χ3n) is 4.21. The maximum atomic E-state index is 12.3. The zero-order valence-electron chi connectivity index (χ0n) is 13.5. The molecular formula is C16H28N4O. The molecule has 0 bridgehead atoms. The van der Waals surface area contributed by atoms with Crippen molar-refractivity contribution in [2.45, 2.75) is 32.9 Å². The summed E-state index contributed by atoms with van der Waals surface area (Å²) in [6.07, 6.45) is 5.18. The fourth-order valence-corrected chi connectivity index (χ4v) is 2.82. The molecular weight excluding hydrogens is 264 g/mol. The number of nitrogens with zero attached hydrogens (tertiary/aromatic N) is 3. The largest absolute Gasteiger partial charge is 0.345 e. The summed E-state index contributed by atoms with van der Waals surface area (Å²) in [5, 5.41) is 3.47. The van der Waals surface area contributed by atoms with E-state index in [1.807, 2.05) is 15.7 Å². The molecule has 0 radical (unpaired) electrons. The second kappa shape index (κ2) is 7.61. The van der Waals surface area contributed by atoms with Gasteiger partial charge in [-0.1, -0.05) is 13.8 Å². The molecule has 5 nitrogen and oxygen atoms in total. The minimum atomic E-state index is 0.224. The third-order valence-corrected chi connectivity index (χ3v) is 4.21. The Morgan fingerprint density at radius 1 is 1.29 bits per heavy atom. The highest BCUT2D eigenvalue weighted by Crippen LogP contribution is 2.17. The molecule has 0 aliphatic carbocycles. The van der Waals surface area contributed by atoms with Crippen LogP contribution in [0.15, 0.2) is 18.5 Å². The molecule has 1 unspecified atom stereocenters. The van der Waals surface area contributed by atoms with Crippen molar-refractivity contribution in [2.24, 2.45) is 0 Å². The van der Waals surface area contributed by atoms with Crippen molar-refractivity contribution >= 4 is 5.91 Å². The van der Waals surface area contributed by atoms with Crippen molar-refractivity contribution in [3.63, 3.8) is 0 Å². The lowest BCUT2D eigenvalue weighted by Gasteiger charge is -2.32. The fraction of sp³-hybridized carbons (Fsp3) is 0.688. The Kier molecular flexibility index (Phi) is 5.82. The first-order chi connectivity index (χ1) is 10.1. The van der Waals surface area contributed by atoms with Gasteiger partial charge in [0.15, 0.2) is 0 Å². The average Bonchev–Trinajstić information content (AvgIpc) is 2.93. The molecule has 1 aliphatic rings. The summed E-state index contributed by atoms with van der Waals surface area (Å²) >= 11 is 0. The molecule has 21 heavy (non-hydrogen) atoms. The summed E-state index contributed by atoms with van der Waals surface area (Å²) in [6.45, 7) is 9.35. The molecule has 1 fully saturated rings. The molecule has 1 aliphatic heterocycles. The topological polar surface area (TPSA) is 40.5 Å². The van der Waals surface area contributed by atoms with Gasteiger partial charge in [0, 0.05) is 44.6 Å². The lowest BCUT2D eigenvalue weighted by Crippen LogP contribution is -2.48. The van der Waals surface area contributed by atoms with Gasteiger partial charge < -0.3 is 19.7 Å². The maximum Gasteiger partial charge on any atom is 0.242 e. The maximum absolute atomic E-state index is 12.3. The molecule has 0 saturated carbocycles. The van der Waals surface area contributed by atoms with Gasteiger partial charge in [-0.25, -0.2) is 0 Å². The molecule has 5 heteroatoms. The van der Waals surface area contributed by atoms with Crippen LogP contribution in [0.1, 0.15) is 31.9 Å². The second-order valence-electron chi connectivity index (χ2n) is 5.82. The normalized spacial score (nSPS) is 18.0. The Balaban J connectivity index is 1.91. The number of hydrogen-bond donors (Lipinski definition) is 1. The minimum absolute atomic E-state index is 0.224. The highest BCUT2D eigenvalue weighted by atomic mass is 16.2. The molecule has 118 valence electrons. The van der Waals surface area contributed by atoms with Gasteiger partial charge in [-0.3, -0.25) is 4.79 Å². The van der Waals surface area contributed by atoms with Crippen LogP contribution in [0.3, 0.4) is 0 Å². The van der Waals surface area contributed by atoms with E-state index < -0.39 is 0 Å². The Morgan fingerprint density at radius 2 is 2.00 bits per heavy atom. The van der Waals surface area contributed by atoms with Gasteiger partial charge in [-0.15, -0.1) is 0 Å². The van der Waals surface area contributed by atoms with Crippen LogP contribution in [0.4, 0.5) is 0 Å². The highest BCUT2D eigenvalue weighted by Gasteiger charge is 2.19. The molecule has 1 amide bonds. The van der Waals surface area contributed by atoms with E-state index >= 15 is 0 Å². The van der Waals surface area contributed by atoms with Crippen molar-refractivity contribution in [3.05, 3.63) is 24.0 Å². The van der Waals surface area contributed by atoms with Gasteiger partial charge in [0.1, 0.15) is 6.54 Å². The van der Waals surface area contributed by atoms with Crippen molar-refractivity contribution < 1.29 is 4.79 Å². The van der Waals surface area contributed by atoms with Gasteiger partial charge in [-0.2, -0.15) is 0 Å². The Hall–Kier alpha value is -1.33. The van der Waals surface area contributed by atoms with Crippen molar-refractivity contribution in [1.29, 1.82) is 0 Å². The van der Waals surface area contributed by atoms with E-state index in [0.29, 0.717) is 12.6 Å². The van der Waals surface area contributed by atoms with Gasteiger partial charge in [0.05, 0.1) is 0 Å². The van der Waals surface area contributed by atoms with E-state index in [4.69, 9.17) is 0 Å². The van der Waals surface area contributed by atoms with Gasteiger partial charge >= 0.3 is 0 Å². The highest BCUT2D eigenvalue weighted by molar-refractivity contribution is 5.76. The predicted molar refractivity (Wildman–Crippen MR) is 85.2 cm³/mol. The number of rotatable bonds is 6. The first-order valence-corrected chi connectivity index (χ1v) is 7.99. The Labute approximate surface area is 127 Å². The minimum Gasteiger partial charge on any atom is -0.345 e. The number of carbonyl (C=O) groups excluding carboxylic acids is 1. The number of nitrogens with one attached hydrogen (secondary N) is 1. The van der Waals surface area contributed by atoms with Crippen LogP contribution in [0.2, 0.25) is 0 Å². The molecule has 1 N–H and O–H groups in total. The van der Waals surface area contributed by atoms with Crippen LogP contribution in [0.5, 0.6) is 0 Å². The van der Waals surface area contributed by atoms with Gasteiger partial charge in [-0.05, 0) is 31.6 Å². The summed E-state index contributed by atoms with van der Waals surface area (Å²) in [5.74, 6) is 0.224. The number of carbonyl (C=O) groups is 1. The number of likely N-dealkylation sites (N-methyl/N-ethyl adjacent to an activating group) is 1. The molecule has 2 rings (SSSR count). The summed E-state index contributed by atoms with van der Waals surface area (Å²) < 4.78 is 2.01. The van der Waals surface area contributed by atoms with Crippen LogP contribution in [0.25, 0.3) is 0 Å². The molecule has 0 aromatic carbocycles. The van der Waals surface area contributed by atoms with E-state index in [1.54, 1.807) is 0 Å². The quantitative estimate of drug-likeness (QED) is 0.860. The second-order valence-corrected chi connectivity index (χ2v) is 5.82. The number of aromatic nitrogens is 1. The van der Waals surface area contributed by atoms with Crippen LogP contribution in [-0.2, 0) is 11.3 Å². The van der Waals surface area contributed by atoms with E-state index in [-0.39, 0.29) is 5.91 Å². The SMILES string of the molecule is CCNC(CC)c1ccn(CC(=O)N2CCN(C)CC2)c1. The van der Waals surface area contributed by atoms with Crippen LogP contribution < -0.4 is 5.32 Å². The molecule has 2 heterocycles. The monoisotopic (exact) mass is 292 g/mol. The van der Waals surface area contributed by atoms with Crippen LogP contribution in [-0.4, -0.2) is 60.0 Å². The average molecular weight is 292 g/mol. The summed E-state index contributed by atoms with van der Waals surface area (Å²) in [6, 6.07) is 2.50. The fourth-order valence-electron chi connectivity index (χ4n) is 2.82. The molecule has 1 aromatic rings. The molecule has 0 spiro atoms. The zero-order valence-corrected chi connectivity index (χ0v) is 13.5. The van der Waals surface area contributed by atoms with E-state index in [9.17, 15) is 4.79 Å². The smallest absolute Gasteiger partial charge is 0.242 e. The predicted octanol–water partition coefficient (Wildman–Crippen LogP) is 1.32. The third kappa shape index (κ3) is 4.32. The first kappa shape index (κ1) is 16.0. The Bertz CT molecular complexity index is 449. The van der Waals surface area contributed by atoms with Crippen molar-refractivity contribution in [2.75, 3.05) is 39.8 Å². The summed E-state index contributed by atoms with van der Waals surface area (Å²) in [7, 11) is 2.10. The van der Waals surface area contributed by atoms with E-state index in [0.717, 1.165) is 39.1 Å². The molecule has 1 atom stereocenters. The van der Waals surface area contributed by atoms with Crippen LogP contribution >= 0.6 is 0 Å². The standard InChI is InChI=1S/C16H28N4O/c1-4-15(17-5-2)14-6-7-19(12-14)13-16(21)20-10-8-18(3)9-11-20/h6-7,12,15,17H,4-5,8-11,13H2,1-3H3. The van der Waals surface area contributed by atoms with Crippen molar-refractivity contribution in [3.8, 4) is 0 Å². The summed E-state index contributed by atoms with van der Waals surface area (Å²) in [4.78, 5) is 16.6. The number of hydrogen-bond acceptors (Lipinski definition) is 3. The number of amides is 1. The van der Waals surface area contributed by atoms with Gasteiger partial charge in [0.25, 0.3) is 0 Å². The van der Waals surface area contributed by atoms with Gasteiger partial charge in [0.2, 0.25) is 5.91 Å². The van der Waals surface area contributed by atoms with E-state index in [2.05, 4.69) is 43.4 Å². The lowest BCUT2D eigenvalue weighted by molar-refractivity contribution is -0.133. The van der Waals surface area contributed by atoms with E-state index in [1.165, 1.54) is 5.56 Å². The molecule has 1 saturated heterocycles. The number of piperazine rings is 1. The Morgan fingerprint density at radius 3 is 2.62 bits per heavy atom. The molecule has 1 aromatic heterocycles. The lowest BCUT2D eigenvalue weighted by atomic mass is 10.1. The first-order valence-electron chi connectivity index (χ1n) is 7.99. The van der Waals surface area contributed by atoms with Crippen molar-refractivity contribution in [1.82, 2.24) is 19.7 Å². The summed E-state index contributed by atoms with van der Waals surface area (Å²) in [5.41, 5.74) is 1.27.